The minimum atomic E-state index is -4.61. The summed E-state index contributed by atoms with van der Waals surface area (Å²) in [5.74, 6) is 0.0668. The van der Waals surface area contributed by atoms with Crippen molar-refractivity contribution in [3.05, 3.63) is 53.9 Å². The topological polar surface area (TPSA) is 59.0 Å². The van der Waals surface area contributed by atoms with Gasteiger partial charge >= 0.3 is 12.2 Å². The molecule has 3 atom stereocenters. The minimum Gasteiger partial charge on any atom is -0.334 e. The quantitative estimate of drug-likeness (QED) is 0.870. The fraction of sp³-hybridized carbons (Fsp3) is 0.444. The predicted octanol–water partition coefficient (Wildman–Crippen LogP) is 3.51. The first kappa shape index (κ1) is 18.3. The van der Waals surface area contributed by atoms with Crippen molar-refractivity contribution in [2.45, 2.75) is 38.0 Å². The van der Waals surface area contributed by atoms with Crippen molar-refractivity contribution >= 4 is 6.03 Å². The lowest BCUT2D eigenvalue weighted by molar-refractivity contribution is -0.155. The molecular formula is C18H21F3N4O. The molecule has 1 aliphatic rings. The molecule has 8 heteroatoms. The molecule has 2 N–H and O–H groups in total. The monoisotopic (exact) mass is 366 g/mol. The maximum atomic E-state index is 13.3. The van der Waals surface area contributed by atoms with Gasteiger partial charge in [0.05, 0.1) is 6.20 Å². The fourth-order valence-corrected chi connectivity index (χ4v) is 3.45. The second kappa shape index (κ2) is 6.34. The molecule has 1 fully saturated rings. The van der Waals surface area contributed by atoms with Crippen LogP contribution in [0.4, 0.5) is 18.0 Å². The van der Waals surface area contributed by atoms with Crippen molar-refractivity contribution in [1.82, 2.24) is 20.4 Å². The highest BCUT2D eigenvalue weighted by Crippen LogP contribution is 2.58. The normalized spacial score (nSPS) is 22.5. The Labute approximate surface area is 149 Å². The molecule has 1 aromatic heterocycles. The van der Waals surface area contributed by atoms with E-state index in [1.54, 1.807) is 0 Å². The van der Waals surface area contributed by atoms with Crippen LogP contribution in [0.1, 0.15) is 36.9 Å². The number of hydrogen-bond acceptors (Lipinski definition) is 2. The summed E-state index contributed by atoms with van der Waals surface area (Å²) in [5.41, 5.74) is 0.730. The standard InChI is InChI=1S/C18H21F3N4O/c1-17(2)13(11-7-5-4-6-8-11)15(17)24-16(26)23-14(18(19,20)21)12-9-22-25(3)10-12/h4-10,13-15H,1-3H3,(H2,23,24,26)/t13-,14?,15-/m1/s1. The lowest BCUT2D eigenvalue weighted by Gasteiger charge is -2.21. The van der Waals surface area contributed by atoms with Gasteiger partial charge in [0.15, 0.2) is 6.04 Å². The van der Waals surface area contributed by atoms with Gasteiger partial charge in [-0.25, -0.2) is 4.79 Å². The van der Waals surface area contributed by atoms with Gasteiger partial charge in [0.25, 0.3) is 0 Å². The van der Waals surface area contributed by atoms with E-state index < -0.39 is 18.2 Å². The lowest BCUT2D eigenvalue weighted by atomic mass is 10.0. The van der Waals surface area contributed by atoms with Crippen molar-refractivity contribution < 1.29 is 18.0 Å². The first-order valence-corrected chi connectivity index (χ1v) is 8.28. The molecular weight excluding hydrogens is 345 g/mol. The molecule has 1 aliphatic carbocycles. The highest BCUT2D eigenvalue weighted by atomic mass is 19.4. The van der Waals surface area contributed by atoms with Crippen molar-refractivity contribution in [2.24, 2.45) is 12.5 Å². The van der Waals surface area contributed by atoms with Gasteiger partial charge in [0.1, 0.15) is 0 Å². The third kappa shape index (κ3) is 3.54. The number of hydrogen-bond donors (Lipinski definition) is 2. The van der Waals surface area contributed by atoms with E-state index in [1.165, 1.54) is 17.9 Å². The predicted molar refractivity (Wildman–Crippen MR) is 90.4 cm³/mol. The smallest absolute Gasteiger partial charge is 0.334 e. The summed E-state index contributed by atoms with van der Waals surface area (Å²) in [6.45, 7) is 3.97. The number of urea groups is 1. The summed E-state index contributed by atoms with van der Waals surface area (Å²) in [7, 11) is 1.52. The van der Waals surface area contributed by atoms with Crippen molar-refractivity contribution in [2.75, 3.05) is 0 Å². The van der Waals surface area contributed by atoms with Gasteiger partial charge < -0.3 is 10.6 Å². The van der Waals surface area contributed by atoms with Gasteiger partial charge in [-0.15, -0.1) is 0 Å². The maximum Gasteiger partial charge on any atom is 0.413 e. The average molecular weight is 366 g/mol. The molecule has 0 radical (unpaired) electrons. The molecule has 5 nitrogen and oxygen atoms in total. The Morgan fingerprint density at radius 3 is 2.46 bits per heavy atom. The zero-order valence-corrected chi connectivity index (χ0v) is 14.7. The Balaban J connectivity index is 1.70. The van der Waals surface area contributed by atoms with Crippen LogP contribution in [0.2, 0.25) is 0 Å². The number of halogens is 3. The van der Waals surface area contributed by atoms with E-state index in [9.17, 15) is 18.0 Å². The van der Waals surface area contributed by atoms with Crippen LogP contribution in [0, 0.1) is 5.41 Å². The summed E-state index contributed by atoms with van der Waals surface area (Å²) in [6.07, 6.45) is -2.27. The number of rotatable bonds is 4. The number of amides is 2. The van der Waals surface area contributed by atoms with Gasteiger partial charge in [-0.1, -0.05) is 44.2 Å². The first-order valence-electron chi connectivity index (χ1n) is 8.28. The zero-order chi connectivity index (χ0) is 19.1. The number of nitrogens with zero attached hydrogens (tertiary/aromatic N) is 2. The molecule has 1 unspecified atom stereocenters. The van der Waals surface area contributed by atoms with Crippen LogP contribution in [0.3, 0.4) is 0 Å². The summed E-state index contributed by atoms with van der Waals surface area (Å²) in [4.78, 5) is 12.2. The van der Waals surface area contributed by atoms with Crippen molar-refractivity contribution in [1.29, 1.82) is 0 Å². The molecule has 0 spiro atoms. The van der Waals surface area contributed by atoms with Crippen molar-refractivity contribution in [3.8, 4) is 0 Å². The molecule has 1 heterocycles. The zero-order valence-electron chi connectivity index (χ0n) is 14.7. The summed E-state index contributed by atoms with van der Waals surface area (Å²) >= 11 is 0. The number of carbonyl (C=O) groups excluding carboxylic acids is 1. The Bertz CT molecular complexity index is 785. The van der Waals surface area contributed by atoms with Crippen LogP contribution < -0.4 is 10.6 Å². The van der Waals surface area contributed by atoms with E-state index in [4.69, 9.17) is 0 Å². The molecule has 0 bridgehead atoms. The molecule has 2 amide bonds. The lowest BCUT2D eigenvalue weighted by Crippen LogP contribution is -2.45. The molecule has 26 heavy (non-hydrogen) atoms. The highest BCUT2D eigenvalue weighted by Gasteiger charge is 2.59. The number of benzene rings is 1. The van der Waals surface area contributed by atoms with Gasteiger partial charge in [-0.05, 0) is 11.0 Å². The minimum absolute atomic E-state index is 0.0668. The van der Waals surface area contributed by atoms with Crippen LogP contribution >= 0.6 is 0 Å². The van der Waals surface area contributed by atoms with Gasteiger partial charge in [-0.2, -0.15) is 18.3 Å². The fourth-order valence-electron chi connectivity index (χ4n) is 3.45. The second-order valence-electron chi connectivity index (χ2n) is 7.23. The van der Waals surface area contributed by atoms with E-state index in [2.05, 4.69) is 10.4 Å². The molecule has 140 valence electrons. The van der Waals surface area contributed by atoms with Gasteiger partial charge in [0.2, 0.25) is 0 Å². The number of aromatic nitrogens is 2. The number of nitrogens with one attached hydrogen (secondary N) is 2. The third-order valence-corrected chi connectivity index (χ3v) is 4.93. The largest absolute Gasteiger partial charge is 0.413 e. The molecule has 1 saturated carbocycles. The molecule has 2 aromatic rings. The Morgan fingerprint density at radius 1 is 1.27 bits per heavy atom. The van der Waals surface area contributed by atoms with Gasteiger partial charge in [0, 0.05) is 30.8 Å². The van der Waals surface area contributed by atoms with E-state index in [0.717, 1.165) is 11.8 Å². The molecule has 1 aromatic carbocycles. The molecule has 0 saturated heterocycles. The van der Waals surface area contributed by atoms with E-state index >= 15 is 0 Å². The maximum absolute atomic E-state index is 13.3. The highest BCUT2D eigenvalue weighted by molar-refractivity contribution is 5.76. The van der Waals surface area contributed by atoms with Crippen LogP contribution in [0.15, 0.2) is 42.7 Å². The van der Waals surface area contributed by atoms with Crippen LogP contribution in [0.5, 0.6) is 0 Å². The Morgan fingerprint density at radius 2 is 1.92 bits per heavy atom. The molecule has 0 aliphatic heterocycles. The van der Waals surface area contributed by atoms with E-state index in [-0.39, 0.29) is 22.9 Å². The Kier molecular flexibility index (Phi) is 4.46. The second-order valence-corrected chi connectivity index (χ2v) is 7.23. The van der Waals surface area contributed by atoms with Crippen LogP contribution in [0.25, 0.3) is 0 Å². The summed E-state index contributed by atoms with van der Waals surface area (Å²) in [5, 5.41) is 8.49. The van der Waals surface area contributed by atoms with Crippen LogP contribution in [-0.4, -0.2) is 28.0 Å². The summed E-state index contributed by atoms with van der Waals surface area (Å²) < 4.78 is 41.3. The Hall–Kier alpha value is -2.51. The molecule has 3 rings (SSSR count). The number of aryl methyl sites for hydroxylation is 1. The average Bonchev–Trinajstić information content (AvgIpc) is 2.88. The van der Waals surface area contributed by atoms with Gasteiger partial charge in [-0.3, -0.25) is 4.68 Å². The third-order valence-electron chi connectivity index (χ3n) is 4.93. The van der Waals surface area contributed by atoms with Crippen molar-refractivity contribution in [3.63, 3.8) is 0 Å². The van der Waals surface area contributed by atoms with E-state index in [1.807, 2.05) is 49.5 Å². The SMILES string of the molecule is Cn1cc(C(NC(=O)N[C@@H]2[C@@H](c3ccccc3)C2(C)C)C(F)(F)F)cn1. The van der Waals surface area contributed by atoms with Crippen LogP contribution in [-0.2, 0) is 7.05 Å². The first-order chi connectivity index (χ1) is 12.1. The number of carbonyl (C=O) groups is 1. The summed E-state index contributed by atoms with van der Waals surface area (Å²) in [6, 6.07) is 6.45. The number of alkyl halides is 3. The van der Waals surface area contributed by atoms with E-state index in [0.29, 0.717) is 0 Å².